The van der Waals surface area contributed by atoms with E-state index in [1.54, 1.807) is 38.1 Å². The van der Waals surface area contributed by atoms with Crippen LogP contribution in [0.2, 0.25) is 0 Å². The van der Waals surface area contributed by atoms with Crippen molar-refractivity contribution in [2.75, 3.05) is 11.9 Å². The summed E-state index contributed by atoms with van der Waals surface area (Å²) >= 11 is 0. The number of para-hydroxylation sites is 2. The van der Waals surface area contributed by atoms with Gasteiger partial charge in [-0.05, 0) is 26.0 Å². The molecule has 0 fully saturated rings. The molecule has 1 aliphatic heterocycles. The van der Waals surface area contributed by atoms with Crippen molar-refractivity contribution < 1.29 is 28.3 Å². The highest BCUT2D eigenvalue weighted by atomic mass is 16.6. The quantitative estimate of drug-likeness (QED) is 0.850. The first-order valence-electron chi connectivity index (χ1n) is 7.35. The molecule has 8 heteroatoms. The molecule has 0 spiro atoms. The third-order valence-corrected chi connectivity index (χ3v) is 3.32. The number of carbonyl (C=O) groups is 2. The molecule has 0 saturated carbocycles. The van der Waals surface area contributed by atoms with E-state index in [1.807, 2.05) is 6.07 Å². The van der Waals surface area contributed by atoms with E-state index < -0.39 is 30.7 Å². The molecular weight excluding hydrogens is 316 g/mol. The number of nitrogens with one attached hydrogen (secondary N) is 1. The Morgan fingerprint density at radius 2 is 1.96 bits per heavy atom. The minimum atomic E-state index is -0.943. The lowest BCUT2D eigenvalue weighted by Crippen LogP contribution is -2.45. The Kier molecular flexibility index (Phi) is 4.37. The molecule has 0 unspecified atom stereocenters. The molecule has 0 bridgehead atoms. The summed E-state index contributed by atoms with van der Waals surface area (Å²) in [6, 6.07) is 8.58. The summed E-state index contributed by atoms with van der Waals surface area (Å²) in [4.78, 5) is 23.9. The molecule has 1 aliphatic rings. The summed E-state index contributed by atoms with van der Waals surface area (Å²) in [5, 5.41) is 6.07. The van der Waals surface area contributed by atoms with Crippen LogP contribution in [0.3, 0.4) is 0 Å². The number of nitrogens with zero attached hydrogens (tertiary/aromatic N) is 1. The second-order valence-corrected chi connectivity index (χ2v) is 5.29. The number of amides is 1. The topological polar surface area (TPSA) is 99.9 Å². The van der Waals surface area contributed by atoms with Gasteiger partial charge in [0, 0.05) is 6.07 Å². The molecule has 1 aromatic heterocycles. The number of rotatable bonds is 4. The fourth-order valence-electron chi connectivity index (χ4n) is 2.20. The lowest BCUT2D eigenvalue weighted by atomic mass is 10.2. The number of ether oxygens (including phenoxy) is 3. The summed E-state index contributed by atoms with van der Waals surface area (Å²) < 4.78 is 21.0. The lowest BCUT2D eigenvalue weighted by Gasteiger charge is -2.30. The predicted molar refractivity (Wildman–Crippen MR) is 81.8 cm³/mol. The van der Waals surface area contributed by atoms with Crippen LogP contribution in [0.4, 0.5) is 5.82 Å². The first kappa shape index (κ1) is 15.9. The van der Waals surface area contributed by atoms with E-state index in [1.165, 1.54) is 0 Å². The van der Waals surface area contributed by atoms with Gasteiger partial charge in [0.25, 0.3) is 5.91 Å². The van der Waals surface area contributed by atoms with Crippen molar-refractivity contribution in [1.82, 2.24) is 5.16 Å². The van der Waals surface area contributed by atoms with Gasteiger partial charge in [-0.2, -0.15) is 0 Å². The van der Waals surface area contributed by atoms with Crippen molar-refractivity contribution in [3.05, 3.63) is 36.1 Å². The van der Waals surface area contributed by atoms with Crippen molar-refractivity contribution in [3.63, 3.8) is 0 Å². The number of hydrogen-bond acceptors (Lipinski definition) is 7. The molecule has 1 N–H and O–H groups in total. The second-order valence-electron chi connectivity index (χ2n) is 5.29. The monoisotopic (exact) mass is 332 g/mol. The van der Waals surface area contributed by atoms with E-state index in [0.29, 0.717) is 17.3 Å². The van der Waals surface area contributed by atoms with Crippen LogP contribution in [0.1, 0.15) is 12.7 Å². The average molecular weight is 332 g/mol. The number of hydrogen-bond donors (Lipinski definition) is 1. The van der Waals surface area contributed by atoms with Crippen LogP contribution < -0.4 is 14.8 Å². The molecule has 3 rings (SSSR count). The number of anilines is 1. The molecule has 2 atom stereocenters. The molecular formula is C16H16N2O6. The zero-order valence-corrected chi connectivity index (χ0v) is 13.1. The van der Waals surface area contributed by atoms with Gasteiger partial charge in [0.05, 0.1) is 0 Å². The summed E-state index contributed by atoms with van der Waals surface area (Å²) in [6.07, 6.45) is -1.48. The molecule has 1 amide bonds. The Hall–Kier alpha value is -3.03. The highest BCUT2D eigenvalue weighted by molar-refractivity contribution is 5.92. The van der Waals surface area contributed by atoms with E-state index in [4.69, 9.17) is 18.7 Å². The normalized spacial score (nSPS) is 18.8. The van der Waals surface area contributed by atoms with Gasteiger partial charge in [0.2, 0.25) is 6.10 Å². The van der Waals surface area contributed by atoms with Gasteiger partial charge < -0.3 is 24.1 Å². The number of esters is 1. The maximum absolute atomic E-state index is 12.1. The number of benzene rings is 1. The molecule has 8 nitrogen and oxygen atoms in total. The Morgan fingerprint density at radius 1 is 1.25 bits per heavy atom. The maximum Gasteiger partial charge on any atom is 0.351 e. The summed E-state index contributed by atoms with van der Waals surface area (Å²) in [5.41, 5.74) is 0. The van der Waals surface area contributed by atoms with Crippen LogP contribution in [0.5, 0.6) is 11.5 Å². The van der Waals surface area contributed by atoms with Crippen molar-refractivity contribution in [2.24, 2.45) is 0 Å². The maximum atomic E-state index is 12.1. The summed E-state index contributed by atoms with van der Waals surface area (Å²) in [6.45, 7) is 2.93. The minimum Gasteiger partial charge on any atom is -0.482 e. The van der Waals surface area contributed by atoms with Crippen LogP contribution in [0.25, 0.3) is 0 Å². The molecule has 1 aromatic carbocycles. The van der Waals surface area contributed by atoms with E-state index in [9.17, 15) is 9.59 Å². The predicted octanol–water partition coefficient (Wildman–Crippen LogP) is 1.69. The highest BCUT2D eigenvalue weighted by Gasteiger charge is 2.35. The molecule has 2 heterocycles. The third-order valence-electron chi connectivity index (χ3n) is 3.32. The number of fused-ring (bicyclic) bond motifs is 1. The highest BCUT2D eigenvalue weighted by Crippen LogP contribution is 2.33. The van der Waals surface area contributed by atoms with Gasteiger partial charge in [0.15, 0.2) is 23.9 Å². The molecule has 0 radical (unpaired) electrons. The second kappa shape index (κ2) is 6.61. The SMILES string of the molecule is Cc1cc(NC(=O)COC(=O)[C@@H]2Oc3ccccc3O[C@@H]2C)no1. The smallest absolute Gasteiger partial charge is 0.351 e. The molecule has 0 saturated heterocycles. The van der Waals surface area contributed by atoms with Crippen molar-refractivity contribution >= 4 is 17.7 Å². The van der Waals surface area contributed by atoms with Crippen LogP contribution in [0, 0.1) is 6.92 Å². The first-order valence-corrected chi connectivity index (χ1v) is 7.35. The van der Waals surface area contributed by atoms with Gasteiger partial charge in [0.1, 0.15) is 11.9 Å². The van der Waals surface area contributed by atoms with E-state index >= 15 is 0 Å². The zero-order valence-electron chi connectivity index (χ0n) is 13.1. The Balaban J connectivity index is 1.54. The van der Waals surface area contributed by atoms with E-state index in [2.05, 4.69) is 10.5 Å². The summed E-state index contributed by atoms with van der Waals surface area (Å²) in [5.74, 6) is 0.633. The first-order chi connectivity index (χ1) is 11.5. The van der Waals surface area contributed by atoms with Crippen LogP contribution in [0.15, 0.2) is 34.9 Å². The average Bonchev–Trinajstić information content (AvgIpc) is 2.96. The van der Waals surface area contributed by atoms with Gasteiger partial charge in [-0.15, -0.1) is 0 Å². The van der Waals surface area contributed by atoms with Gasteiger partial charge in [-0.3, -0.25) is 4.79 Å². The van der Waals surface area contributed by atoms with Crippen LogP contribution in [-0.4, -0.2) is 35.8 Å². The fourth-order valence-corrected chi connectivity index (χ4v) is 2.20. The number of carbonyl (C=O) groups excluding carboxylic acids is 2. The third kappa shape index (κ3) is 3.48. The van der Waals surface area contributed by atoms with Crippen molar-refractivity contribution in [3.8, 4) is 11.5 Å². The Morgan fingerprint density at radius 3 is 2.62 bits per heavy atom. The number of aromatic nitrogens is 1. The molecule has 24 heavy (non-hydrogen) atoms. The Bertz CT molecular complexity index is 757. The number of aryl methyl sites for hydroxylation is 1. The largest absolute Gasteiger partial charge is 0.482 e. The molecule has 126 valence electrons. The zero-order chi connectivity index (χ0) is 17.1. The van der Waals surface area contributed by atoms with Crippen molar-refractivity contribution in [2.45, 2.75) is 26.1 Å². The van der Waals surface area contributed by atoms with Crippen molar-refractivity contribution in [1.29, 1.82) is 0 Å². The van der Waals surface area contributed by atoms with Crippen LogP contribution >= 0.6 is 0 Å². The van der Waals surface area contributed by atoms with E-state index in [0.717, 1.165) is 0 Å². The van der Waals surface area contributed by atoms with Gasteiger partial charge in [-0.25, -0.2) is 4.79 Å². The minimum absolute atomic E-state index is 0.257. The Labute approximate surface area is 137 Å². The van der Waals surface area contributed by atoms with E-state index in [-0.39, 0.29) is 5.82 Å². The molecule has 0 aliphatic carbocycles. The standard InChI is InChI=1S/C16H16N2O6/c1-9-7-13(18-24-9)17-14(19)8-21-16(20)15-10(2)22-11-5-3-4-6-12(11)23-15/h3-7,10,15H,8H2,1-2H3,(H,17,18,19)/t10-,15-/m1/s1. The summed E-state index contributed by atoms with van der Waals surface area (Å²) in [7, 11) is 0. The van der Waals surface area contributed by atoms with Crippen LogP contribution in [-0.2, 0) is 14.3 Å². The lowest BCUT2D eigenvalue weighted by molar-refractivity contribution is -0.159. The molecule has 2 aromatic rings. The van der Waals surface area contributed by atoms with Gasteiger partial charge in [-0.1, -0.05) is 17.3 Å². The fraction of sp³-hybridized carbons (Fsp3) is 0.312. The van der Waals surface area contributed by atoms with Gasteiger partial charge >= 0.3 is 5.97 Å².